The molecule has 0 bridgehead atoms. The first-order chi connectivity index (χ1) is 34.6. The molecule has 5 rings (SSSR count). The van der Waals surface area contributed by atoms with Gasteiger partial charge in [0, 0.05) is 48.9 Å². The number of amides is 3. The highest BCUT2D eigenvalue weighted by Crippen LogP contribution is 2.28. The summed E-state index contributed by atoms with van der Waals surface area (Å²) >= 11 is 6.24. The first kappa shape index (κ1) is 55.6. The number of halogens is 1. The molecular weight excluding hydrogens is 926 g/mol. The van der Waals surface area contributed by atoms with Gasteiger partial charge in [0.25, 0.3) is 0 Å². The number of anilines is 1. The minimum Gasteiger partial charge on any atom is -0.497 e. The number of hydrogen-bond acceptors (Lipinski definition) is 12. The molecule has 0 fully saturated rings. The molecule has 3 amide bonds. The van der Waals surface area contributed by atoms with Crippen molar-refractivity contribution < 1.29 is 42.8 Å². The van der Waals surface area contributed by atoms with Crippen LogP contribution in [0.25, 0.3) is 0 Å². The monoisotopic (exact) mass is 995 g/mol. The van der Waals surface area contributed by atoms with E-state index in [1.807, 2.05) is 61.7 Å². The Morgan fingerprint density at radius 2 is 1.41 bits per heavy atom. The molecule has 2 N–H and O–H groups in total. The number of benzene rings is 4. The second-order valence-corrected chi connectivity index (χ2v) is 17.3. The van der Waals surface area contributed by atoms with Crippen LogP contribution >= 0.6 is 11.6 Å². The number of carbonyl (C=O) groups is 3. The number of aromatic nitrogens is 3. The Hall–Kier alpha value is -6.30. The van der Waals surface area contributed by atoms with Gasteiger partial charge in [0.15, 0.2) is 0 Å². The van der Waals surface area contributed by atoms with Crippen LogP contribution in [0.5, 0.6) is 17.2 Å². The van der Waals surface area contributed by atoms with Crippen LogP contribution in [0.3, 0.4) is 0 Å². The maximum atomic E-state index is 14.1. The molecule has 1 aromatic heterocycles. The lowest BCUT2D eigenvalue weighted by Gasteiger charge is -2.36. The van der Waals surface area contributed by atoms with Crippen molar-refractivity contribution in [1.29, 1.82) is 0 Å². The van der Waals surface area contributed by atoms with Gasteiger partial charge in [-0.25, -0.2) is 4.68 Å². The Morgan fingerprint density at radius 1 is 0.761 bits per heavy atom. The van der Waals surface area contributed by atoms with Crippen LogP contribution in [0.2, 0.25) is 5.02 Å². The Kier molecular flexibility index (Phi) is 24.9. The van der Waals surface area contributed by atoms with E-state index in [4.69, 9.17) is 40.0 Å². The van der Waals surface area contributed by atoms with Crippen LogP contribution < -0.4 is 24.8 Å². The first-order valence-corrected chi connectivity index (χ1v) is 24.6. The molecule has 1 heterocycles. The van der Waals surface area contributed by atoms with E-state index in [1.165, 1.54) is 0 Å². The third-order valence-corrected chi connectivity index (χ3v) is 11.7. The minimum atomic E-state index is -0.870. The van der Waals surface area contributed by atoms with E-state index in [-0.39, 0.29) is 24.3 Å². The summed E-state index contributed by atoms with van der Waals surface area (Å²) in [7, 11) is 3.70. The number of rotatable bonds is 36. The van der Waals surface area contributed by atoms with E-state index in [2.05, 4.69) is 39.5 Å². The van der Waals surface area contributed by atoms with Crippen LogP contribution in [0.4, 0.5) is 5.69 Å². The number of methoxy groups -OCH3 is 1. The normalized spacial score (nSPS) is 12.0. The summed E-state index contributed by atoms with van der Waals surface area (Å²) in [6, 6.07) is 28.4. The van der Waals surface area contributed by atoms with Crippen LogP contribution in [-0.4, -0.2) is 129 Å². The molecule has 71 heavy (non-hydrogen) atoms. The number of likely N-dealkylation sites (N-methyl/N-ethyl adjacent to an activating group) is 1. The predicted molar refractivity (Wildman–Crippen MR) is 275 cm³/mol. The molecule has 5 aromatic rings. The van der Waals surface area contributed by atoms with Gasteiger partial charge < -0.3 is 48.9 Å². The summed E-state index contributed by atoms with van der Waals surface area (Å²) in [6.45, 7) is 12.6. The highest BCUT2D eigenvalue weighted by Gasteiger charge is 2.34. The summed E-state index contributed by atoms with van der Waals surface area (Å²) < 4.78 is 35.9. The zero-order valence-electron chi connectivity index (χ0n) is 41.3. The zero-order valence-corrected chi connectivity index (χ0v) is 42.1. The third kappa shape index (κ3) is 20.5. The first-order valence-electron chi connectivity index (χ1n) is 24.2. The molecule has 0 aliphatic heterocycles. The van der Waals surface area contributed by atoms with Crippen molar-refractivity contribution in [1.82, 2.24) is 30.1 Å². The molecule has 0 radical (unpaired) electrons. The van der Waals surface area contributed by atoms with Crippen molar-refractivity contribution in [3.8, 4) is 17.2 Å². The fourth-order valence-electron chi connectivity index (χ4n) is 7.51. The summed E-state index contributed by atoms with van der Waals surface area (Å²) in [4.78, 5) is 42.6. The lowest BCUT2D eigenvalue weighted by atomic mass is 9.99. The van der Waals surface area contributed by atoms with Gasteiger partial charge in [-0.2, -0.15) is 0 Å². The predicted octanol–water partition coefficient (Wildman–Crippen LogP) is 7.75. The van der Waals surface area contributed by atoms with Crippen LogP contribution in [0.15, 0.2) is 116 Å². The summed E-state index contributed by atoms with van der Waals surface area (Å²) in [5.74, 6) is 1.80. The molecule has 0 spiro atoms. The van der Waals surface area contributed by atoms with Crippen molar-refractivity contribution in [2.75, 3.05) is 85.4 Å². The number of unbranched alkanes of at least 4 members (excludes halogenated alkanes) is 1. The highest BCUT2D eigenvalue weighted by molar-refractivity contribution is 6.30. The third-order valence-electron chi connectivity index (χ3n) is 11.5. The number of hydrogen-bond donors (Lipinski definition) is 2. The molecule has 382 valence electrons. The number of nitrogens with zero attached hydrogens (tertiary/aromatic N) is 5. The SMILES string of the molecule is C=CCC(C)N(C(=O)CCc1ccc(OCCCCN(C)CCOCCOCCc2cn(CCOCCOc3ccc(NC=O)cc3)nn2)cc1)C(C(=O)NCc1ccc(OC)cc1)c1ccc(Cl)cc1. The fourth-order valence-corrected chi connectivity index (χ4v) is 7.63. The van der Waals surface area contributed by atoms with E-state index in [0.29, 0.717) is 114 Å². The van der Waals surface area contributed by atoms with E-state index >= 15 is 0 Å². The summed E-state index contributed by atoms with van der Waals surface area (Å²) in [5, 5.41) is 14.6. The Bertz CT molecular complexity index is 2300. The lowest BCUT2D eigenvalue weighted by molar-refractivity contribution is -0.143. The van der Waals surface area contributed by atoms with E-state index in [1.54, 1.807) is 71.3 Å². The average Bonchev–Trinajstić information content (AvgIpc) is 3.84. The van der Waals surface area contributed by atoms with Gasteiger partial charge in [-0.15, -0.1) is 11.7 Å². The molecule has 2 atom stereocenters. The van der Waals surface area contributed by atoms with Crippen molar-refractivity contribution in [3.63, 3.8) is 0 Å². The molecular formula is C54H70ClN7O9. The quantitative estimate of drug-likeness (QED) is 0.0228. The molecule has 2 unspecified atom stereocenters. The smallest absolute Gasteiger partial charge is 0.247 e. The topological polar surface area (TPSA) is 168 Å². The van der Waals surface area contributed by atoms with Crippen molar-refractivity contribution in [2.45, 2.75) is 70.6 Å². The molecule has 0 saturated heterocycles. The summed E-state index contributed by atoms with van der Waals surface area (Å²) in [5.41, 5.74) is 4.15. The molecule has 4 aromatic carbocycles. The van der Waals surface area contributed by atoms with E-state index in [9.17, 15) is 14.4 Å². The Morgan fingerprint density at radius 3 is 2.11 bits per heavy atom. The van der Waals surface area contributed by atoms with Gasteiger partial charge in [0.05, 0.1) is 65.6 Å². The zero-order chi connectivity index (χ0) is 50.5. The molecule has 0 aliphatic rings. The largest absolute Gasteiger partial charge is 0.497 e. The van der Waals surface area contributed by atoms with Crippen LogP contribution in [0, 0.1) is 0 Å². The van der Waals surface area contributed by atoms with Crippen molar-refractivity contribution >= 4 is 35.5 Å². The molecule has 0 aliphatic carbocycles. The van der Waals surface area contributed by atoms with E-state index < -0.39 is 6.04 Å². The van der Waals surface area contributed by atoms with Crippen LogP contribution in [0.1, 0.15) is 61.0 Å². The van der Waals surface area contributed by atoms with Gasteiger partial charge in [0.1, 0.15) is 29.9 Å². The Labute approximate surface area is 423 Å². The van der Waals surface area contributed by atoms with Crippen molar-refractivity contribution in [2.24, 2.45) is 0 Å². The standard InChI is InChI=1S/C54H70ClN7O9/c1-5-8-42(2)62(53(45-14-16-46(55)17-15-45)54(65)56-39-44-11-20-49(66-4)21-12-44)52(64)26-13-43-9-22-50(23-10-43)70-31-7-6-28-60(3)29-33-68-36-35-67-32-27-48-40-61(59-58-48)30-34-69-37-38-71-51-24-18-47(19-25-51)57-41-63/h5,9-12,14-25,40-42,53H,1,6-8,13,26-39H2,2-4H3,(H,56,65)(H,57,63). The number of carbonyl (C=O) groups excluding carboxylic acids is 3. The van der Waals surface area contributed by atoms with Crippen molar-refractivity contribution in [3.05, 3.63) is 143 Å². The van der Waals surface area contributed by atoms with Gasteiger partial charge in [0.2, 0.25) is 18.2 Å². The number of nitrogens with one attached hydrogen (secondary N) is 2. The van der Waals surface area contributed by atoms with Gasteiger partial charge in [-0.1, -0.05) is 59.3 Å². The maximum Gasteiger partial charge on any atom is 0.247 e. The average molecular weight is 997 g/mol. The van der Waals surface area contributed by atoms with Gasteiger partial charge >= 0.3 is 0 Å². The van der Waals surface area contributed by atoms with E-state index in [0.717, 1.165) is 54.3 Å². The highest BCUT2D eigenvalue weighted by atomic mass is 35.5. The summed E-state index contributed by atoms with van der Waals surface area (Å²) in [6.07, 6.45) is 8.11. The Balaban J connectivity index is 0.906. The minimum absolute atomic E-state index is 0.134. The van der Waals surface area contributed by atoms with Crippen LogP contribution in [-0.2, 0) is 54.5 Å². The van der Waals surface area contributed by atoms with Gasteiger partial charge in [-0.3, -0.25) is 14.4 Å². The second kappa shape index (κ2) is 31.8. The molecule has 17 heteroatoms. The molecule has 0 saturated carbocycles. The number of ether oxygens (including phenoxy) is 6. The second-order valence-electron chi connectivity index (χ2n) is 16.9. The maximum absolute atomic E-state index is 14.1. The fraction of sp³-hybridized carbons (Fsp3) is 0.426. The lowest BCUT2D eigenvalue weighted by Crippen LogP contribution is -2.47. The molecule has 16 nitrogen and oxygen atoms in total. The number of aryl methyl sites for hydroxylation is 1. The van der Waals surface area contributed by atoms with Gasteiger partial charge in [-0.05, 0) is 124 Å².